The maximum Gasteiger partial charge on any atom is 0.143 e. The standard InChI is InChI=1S/C16H15Cl2NO2/c1-2-3-10-4-5-15(20)14(6-10)19-9-11-7-12(17)8-13(18)16(11)21/h4-9,20-21H,2-3H2,1H3. The summed E-state index contributed by atoms with van der Waals surface area (Å²) in [5, 5.41) is 20.3. The fourth-order valence-corrected chi connectivity index (χ4v) is 2.45. The molecule has 3 nitrogen and oxygen atoms in total. The molecule has 2 rings (SSSR count). The van der Waals surface area contributed by atoms with Crippen LogP contribution in [0.15, 0.2) is 35.3 Å². The van der Waals surface area contributed by atoms with Crippen LogP contribution >= 0.6 is 23.2 Å². The minimum absolute atomic E-state index is 0.0821. The van der Waals surface area contributed by atoms with Crippen LogP contribution in [0.3, 0.4) is 0 Å². The van der Waals surface area contributed by atoms with Crippen molar-refractivity contribution in [1.82, 2.24) is 0 Å². The summed E-state index contributed by atoms with van der Waals surface area (Å²) < 4.78 is 0. The number of aromatic hydroxyl groups is 2. The van der Waals surface area contributed by atoms with Crippen molar-refractivity contribution in [2.24, 2.45) is 4.99 Å². The Balaban J connectivity index is 2.35. The summed E-state index contributed by atoms with van der Waals surface area (Å²) in [7, 11) is 0. The quantitative estimate of drug-likeness (QED) is 0.768. The Bertz CT molecular complexity index is 684. The van der Waals surface area contributed by atoms with Crippen molar-refractivity contribution in [2.45, 2.75) is 19.8 Å². The lowest BCUT2D eigenvalue weighted by Gasteiger charge is -2.04. The summed E-state index contributed by atoms with van der Waals surface area (Å²) in [5.41, 5.74) is 1.93. The molecule has 0 heterocycles. The molecule has 0 fully saturated rings. The van der Waals surface area contributed by atoms with E-state index in [1.165, 1.54) is 12.3 Å². The number of hydrogen-bond donors (Lipinski definition) is 2. The van der Waals surface area contributed by atoms with Crippen LogP contribution < -0.4 is 0 Å². The molecule has 110 valence electrons. The van der Waals surface area contributed by atoms with Crippen molar-refractivity contribution in [1.29, 1.82) is 0 Å². The van der Waals surface area contributed by atoms with Gasteiger partial charge in [0, 0.05) is 16.8 Å². The van der Waals surface area contributed by atoms with Gasteiger partial charge in [0.2, 0.25) is 0 Å². The number of aryl methyl sites for hydroxylation is 1. The largest absolute Gasteiger partial charge is 0.506 e. The van der Waals surface area contributed by atoms with Gasteiger partial charge in [-0.3, -0.25) is 4.99 Å². The second kappa shape index (κ2) is 6.83. The molecule has 0 radical (unpaired) electrons. The van der Waals surface area contributed by atoms with Crippen LogP contribution in [0.4, 0.5) is 5.69 Å². The fraction of sp³-hybridized carbons (Fsp3) is 0.188. The Kier molecular flexibility index (Phi) is 5.10. The van der Waals surface area contributed by atoms with Crippen molar-refractivity contribution in [2.75, 3.05) is 0 Å². The molecule has 0 aromatic heterocycles. The predicted molar refractivity (Wildman–Crippen MR) is 87.5 cm³/mol. The summed E-state index contributed by atoms with van der Waals surface area (Å²) in [5.74, 6) is -0.00672. The Morgan fingerprint density at radius 1 is 1.14 bits per heavy atom. The van der Waals surface area contributed by atoms with Crippen molar-refractivity contribution < 1.29 is 10.2 Å². The Hall–Kier alpha value is -1.71. The number of benzene rings is 2. The van der Waals surface area contributed by atoms with Crippen molar-refractivity contribution in [3.05, 3.63) is 51.5 Å². The minimum atomic E-state index is -0.0889. The predicted octanol–water partition coefficient (Wildman–Crippen LogP) is 5.11. The summed E-state index contributed by atoms with van der Waals surface area (Å²) in [4.78, 5) is 4.21. The molecule has 2 N–H and O–H groups in total. The van der Waals surface area contributed by atoms with E-state index in [9.17, 15) is 10.2 Å². The number of aliphatic imine (C=N–C) groups is 1. The molecule has 2 aromatic rings. The van der Waals surface area contributed by atoms with Crippen LogP contribution in [-0.4, -0.2) is 16.4 Å². The lowest BCUT2D eigenvalue weighted by molar-refractivity contribution is 0.474. The maximum atomic E-state index is 9.86. The van der Waals surface area contributed by atoms with Crippen LogP contribution in [0.5, 0.6) is 11.5 Å². The summed E-state index contributed by atoms with van der Waals surface area (Å²) >= 11 is 11.7. The first-order valence-corrected chi connectivity index (χ1v) is 7.30. The van der Waals surface area contributed by atoms with Crippen LogP contribution in [0.1, 0.15) is 24.5 Å². The van der Waals surface area contributed by atoms with Gasteiger partial charge in [0.1, 0.15) is 17.2 Å². The highest BCUT2D eigenvalue weighted by Gasteiger charge is 2.07. The van der Waals surface area contributed by atoms with Gasteiger partial charge in [-0.25, -0.2) is 0 Å². The molecular formula is C16H15Cl2NO2. The lowest BCUT2D eigenvalue weighted by Crippen LogP contribution is -1.85. The van der Waals surface area contributed by atoms with Gasteiger partial charge in [-0.15, -0.1) is 0 Å². The van der Waals surface area contributed by atoms with Gasteiger partial charge in [0.25, 0.3) is 0 Å². The third-order valence-corrected chi connectivity index (χ3v) is 3.49. The molecule has 0 aliphatic carbocycles. The molecule has 5 heteroatoms. The van der Waals surface area contributed by atoms with Crippen molar-refractivity contribution >= 4 is 35.1 Å². The highest BCUT2D eigenvalue weighted by Crippen LogP contribution is 2.32. The molecule has 2 aromatic carbocycles. The van der Waals surface area contributed by atoms with E-state index in [0.717, 1.165) is 18.4 Å². The average molecular weight is 324 g/mol. The van der Waals surface area contributed by atoms with Gasteiger partial charge in [-0.1, -0.05) is 42.6 Å². The van der Waals surface area contributed by atoms with E-state index >= 15 is 0 Å². The zero-order chi connectivity index (χ0) is 15.4. The van der Waals surface area contributed by atoms with Crippen LogP contribution in [0.2, 0.25) is 10.0 Å². The van der Waals surface area contributed by atoms with Gasteiger partial charge in [0.05, 0.1) is 5.02 Å². The average Bonchev–Trinajstić information content (AvgIpc) is 2.44. The Morgan fingerprint density at radius 3 is 2.62 bits per heavy atom. The number of phenols is 2. The first kappa shape index (κ1) is 15.7. The third kappa shape index (κ3) is 3.90. The van der Waals surface area contributed by atoms with Gasteiger partial charge in [-0.05, 0) is 36.2 Å². The molecule has 0 saturated carbocycles. The number of phenolic OH excluding ortho intramolecular Hbond substituents is 2. The van der Waals surface area contributed by atoms with E-state index in [-0.39, 0.29) is 16.5 Å². The summed E-state index contributed by atoms with van der Waals surface area (Å²) in [6.07, 6.45) is 3.35. The van der Waals surface area contributed by atoms with Crippen LogP contribution in [0, 0.1) is 0 Å². The fourth-order valence-electron chi connectivity index (χ4n) is 1.94. The molecule has 0 unspecified atom stereocenters. The molecule has 0 aliphatic heterocycles. The SMILES string of the molecule is CCCc1ccc(O)c(N=Cc2cc(Cl)cc(Cl)c2O)c1. The molecular weight excluding hydrogens is 309 g/mol. The molecule has 0 bridgehead atoms. The van der Waals surface area contributed by atoms with E-state index in [2.05, 4.69) is 11.9 Å². The smallest absolute Gasteiger partial charge is 0.143 e. The first-order chi connectivity index (χ1) is 10.0. The van der Waals surface area contributed by atoms with E-state index < -0.39 is 0 Å². The molecule has 0 spiro atoms. The third-order valence-electron chi connectivity index (χ3n) is 2.98. The van der Waals surface area contributed by atoms with E-state index in [4.69, 9.17) is 23.2 Å². The van der Waals surface area contributed by atoms with E-state index in [1.807, 2.05) is 12.1 Å². The summed E-state index contributed by atoms with van der Waals surface area (Å²) in [6.45, 7) is 2.09. The highest BCUT2D eigenvalue weighted by molar-refractivity contribution is 6.36. The van der Waals surface area contributed by atoms with Gasteiger partial charge >= 0.3 is 0 Å². The summed E-state index contributed by atoms with van der Waals surface area (Å²) in [6, 6.07) is 8.31. The second-order valence-corrected chi connectivity index (χ2v) is 5.50. The van der Waals surface area contributed by atoms with E-state index in [0.29, 0.717) is 16.3 Å². The monoisotopic (exact) mass is 323 g/mol. The highest BCUT2D eigenvalue weighted by atomic mass is 35.5. The van der Waals surface area contributed by atoms with E-state index in [1.54, 1.807) is 12.1 Å². The number of nitrogens with zero attached hydrogens (tertiary/aromatic N) is 1. The zero-order valence-electron chi connectivity index (χ0n) is 11.5. The van der Waals surface area contributed by atoms with Crippen molar-refractivity contribution in [3.8, 4) is 11.5 Å². The van der Waals surface area contributed by atoms with Gasteiger partial charge in [-0.2, -0.15) is 0 Å². The minimum Gasteiger partial charge on any atom is -0.506 e. The number of rotatable bonds is 4. The van der Waals surface area contributed by atoms with Crippen LogP contribution in [0.25, 0.3) is 0 Å². The van der Waals surface area contributed by atoms with Gasteiger partial charge < -0.3 is 10.2 Å². The first-order valence-electron chi connectivity index (χ1n) is 6.55. The Morgan fingerprint density at radius 2 is 1.90 bits per heavy atom. The van der Waals surface area contributed by atoms with Crippen LogP contribution in [-0.2, 0) is 6.42 Å². The molecule has 0 atom stereocenters. The maximum absolute atomic E-state index is 9.86. The second-order valence-electron chi connectivity index (χ2n) is 4.66. The molecule has 21 heavy (non-hydrogen) atoms. The normalized spacial score (nSPS) is 11.2. The van der Waals surface area contributed by atoms with Gasteiger partial charge in [0.15, 0.2) is 0 Å². The topological polar surface area (TPSA) is 52.8 Å². The molecule has 0 saturated heterocycles. The lowest BCUT2D eigenvalue weighted by atomic mass is 10.1. The molecule has 0 amide bonds. The zero-order valence-corrected chi connectivity index (χ0v) is 13.0. The number of hydrogen-bond acceptors (Lipinski definition) is 3. The molecule has 0 aliphatic rings. The van der Waals surface area contributed by atoms with Crippen molar-refractivity contribution in [3.63, 3.8) is 0 Å². The Labute approximate surface area is 133 Å². The number of halogens is 2.